The van der Waals surface area contributed by atoms with Crippen LogP contribution in [0.15, 0.2) is 24.3 Å². The summed E-state index contributed by atoms with van der Waals surface area (Å²) in [6, 6.07) is 7.07. The van der Waals surface area contributed by atoms with Crippen molar-refractivity contribution in [2.24, 2.45) is 5.92 Å². The lowest BCUT2D eigenvalue weighted by Gasteiger charge is -2.35. The Morgan fingerprint density at radius 3 is 2.93 bits per heavy atom. The third-order valence-corrected chi connectivity index (χ3v) is 6.45. The predicted molar refractivity (Wildman–Crippen MR) is 113 cm³/mol. The maximum absolute atomic E-state index is 13.5. The van der Waals surface area contributed by atoms with Crippen LogP contribution >= 0.6 is 11.6 Å². The van der Waals surface area contributed by atoms with Crippen molar-refractivity contribution in [3.8, 4) is 0 Å². The van der Waals surface area contributed by atoms with Crippen molar-refractivity contribution < 1.29 is 14.3 Å². The maximum atomic E-state index is 13.5. The number of carbonyl (C=O) groups is 1. The second-order valence-corrected chi connectivity index (χ2v) is 9.01. The normalized spacial score (nSPS) is 27.4. The van der Waals surface area contributed by atoms with Crippen LogP contribution in [0.3, 0.4) is 0 Å². The molecule has 2 aromatic rings. The SMILES string of the molecule is CC1CCCC(O)(CNC(=O)c2c(Cl)ccc3nc(N4CC[C@@H](F)C4)ccc23)C1. The molecule has 0 bridgehead atoms. The van der Waals surface area contributed by atoms with Crippen LogP contribution in [0, 0.1) is 5.92 Å². The summed E-state index contributed by atoms with van der Waals surface area (Å²) >= 11 is 6.35. The molecular formula is C22H27ClFN3O2. The van der Waals surface area contributed by atoms with Crippen molar-refractivity contribution in [1.82, 2.24) is 10.3 Å². The van der Waals surface area contributed by atoms with Crippen molar-refractivity contribution in [3.05, 3.63) is 34.9 Å². The van der Waals surface area contributed by atoms with E-state index in [-0.39, 0.29) is 12.5 Å². The third kappa shape index (κ3) is 4.33. The minimum absolute atomic E-state index is 0.208. The summed E-state index contributed by atoms with van der Waals surface area (Å²) < 4.78 is 13.5. The zero-order valence-electron chi connectivity index (χ0n) is 16.6. The quantitative estimate of drug-likeness (QED) is 0.782. The fraction of sp³-hybridized carbons (Fsp3) is 0.545. The number of rotatable bonds is 4. The molecule has 2 fully saturated rings. The van der Waals surface area contributed by atoms with Crippen LogP contribution in [0.4, 0.5) is 10.2 Å². The Morgan fingerprint density at radius 2 is 2.21 bits per heavy atom. The van der Waals surface area contributed by atoms with Gasteiger partial charge in [0.2, 0.25) is 0 Å². The van der Waals surface area contributed by atoms with Gasteiger partial charge in [0.05, 0.1) is 28.2 Å². The second kappa shape index (κ2) is 8.07. The van der Waals surface area contributed by atoms with E-state index in [9.17, 15) is 14.3 Å². The molecule has 7 heteroatoms. The highest BCUT2D eigenvalue weighted by Gasteiger charge is 2.33. The van der Waals surface area contributed by atoms with Crippen LogP contribution in [-0.4, -0.2) is 47.4 Å². The molecule has 156 valence electrons. The van der Waals surface area contributed by atoms with Gasteiger partial charge >= 0.3 is 0 Å². The number of benzene rings is 1. The van der Waals surface area contributed by atoms with Crippen molar-refractivity contribution in [1.29, 1.82) is 0 Å². The summed E-state index contributed by atoms with van der Waals surface area (Å²) in [5.41, 5.74) is 0.138. The zero-order valence-corrected chi connectivity index (χ0v) is 17.4. The molecule has 2 heterocycles. The molecule has 1 aromatic heterocycles. The number of aliphatic hydroxyl groups is 1. The van der Waals surface area contributed by atoms with Gasteiger partial charge in [-0.25, -0.2) is 9.37 Å². The zero-order chi connectivity index (χ0) is 20.6. The Hall–Kier alpha value is -1.92. The first kappa shape index (κ1) is 20.4. The molecule has 1 amide bonds. The number of nitrogens with zero attached hydrogens (tertiary/aromatic N) is 2. The monoisotopic (exact) mass is 419 g/mol. The average Bonchev–Trinajstić information content (AvgIpc) is 3.12. The molecule has 4 rings (SSSR count). The van der Waals surface area contributed by atoms with Gasteiger partial charge in [-0.3, -0.25) is 4.79 Å². The first-order valence-electron chi connectivity index (χ1n) is 10.3. The lowest BCUT2D eigenvalue weighted by atomic mass is 9.79. The second-order valence-electron chi connectivity index (χ2n) is 8.60. The predicted octanol–water partition coefficient (Wildman–Crippen LogP) is 4.11. The Labute approximate surface area is 175 Å². The van der Waals surface area contributed by atoms with Gasteiger partial charge in [0.25, 0.3) is 5.91 Å². The molecule has 1 saturated carbocycles. The summed E-state index contributed by atoms with van der Waals surface area (Å²) in [6.45, 7) is 3.32. The number of alkyl halides is 1. The molecule has 1 saturated heterocycles. The standard InChI is InChI=1S/C22H27ClFN3O2/c1-14-3-2-9-22(29,11-14)13-25-21(28)20-16-4-7-19(27-10-8-15(24)12-27)26-18(16)6-5-17(20)23/h4-7,14-15,29H,2-3,8-13H2,1H3,(H,25,28)/t14?,15-,22?/m1/s1. The number of anilines is 1. The first-order valence-corrected chi connectivity index (χ1v) is 10.7. The fourth-order valence-corrected chi connectivity index (χ4v) is 4.88. The van der Waals surface area contributed by atoms with Gasteiger partial charge in [0, 0.05) is 18.5 Å². The third-order valence-electron chi connectivity index (χ3n) is 6.13. The van der Waals surface area contributed by atoms with Crippen LogP contribution in [0.1, 0.15) is 49.4 Å². The number of halogens is 2. The number of hydrogen-bond acceptors (Lipinski definition) is 4. The molecule has 1 aliphatic carbocycles. The average molecular weight is 420 g/mol. The van der Waals surface area contributed by atoms with Gasteiger partial charge < -0.3 is 15.3 Å². The smallest absolute Gasteiger partial charge is 0.253 e. The van der Waals surface area contributed by atoms with E-state index in [1.807, 2.05) is 17.0 Å². The van der Waals surface area contributed by atoms with Crippen LogP contribution in [0.25, 0.3) is 10.9 Å². The Bertz CT molecular complexity index is 924. The molecule has 1 aliphatic heterocycles. The lowest BCUT2D eigenvalue weighted by molar-refractivity contribution is -0.0109. The number of nitrogens with one attached hydrogen (secondary N) is 1. The summed E-state index contributed by atoms with van der Waals surface area (Å²) in [7, 11) is 0. The molecule has 2 unspecified atom stereocenters. The molecule has 29 heavy (non-hydrogen) atoms. The van der Waals surface area contributed by atoms with Crippen molar-refractivity contribution in [2.75, 3.05) is 24.5 Å². The van der Waals surface area contributed by atoms with E-state index in [1.165, 1.54) is 0 Å². The molecular weight excluding hydrogens is 393 g/mol. The number of aromatic nitrogens is 1. The molecule has 2 N–H and O–H groups in total. The number of carbonyl (C=O) groups excluding carboxylic acids is 1. The van der Waals surface area contributed by atoms with E-state index < -0.39 is 11.8 Å². The summed E-state index contributed by atoms with van der Waals surface area (Å²) in [5, 5.41) is 14.7. The van der Waals surface area contributed by atoms with Crippen molar-refractivity contribution in [3.63, 3.8) is 0 Å². The van der Waals surface area contributed by atoms with Gasteiger partial charge in [-0.15, -0.1) is 0 Å². The molecule has 0 radical (unpaired) electrons. The first-order chi connectivity index (χ1) is 13.8. The molecule has 5 nitrogen and oxygen atoms in total. The fourth-order valence-electron chi connectivity index (χ4n) is 4.63. The van der Waals surface area contributed by atoms with Crippen molar-refractivity contribution >= 4 is 34.2 Å². The van der Waals surface area contributed by atoms with Gasteiger partial charge in [0.15, 0.2) is 0 Å². The van der Waals surface area contributed by atoms with E-state index in [2.05, 4.69) is 17.2 Å². The largest absolute Gasteiger partial charge is 0.388 e. The molecule has 1 aromatic carbocycles. The maximum Gasteiger partial charge on any atom is 0.253 e. The van der Waals surface area contributed by atoms with Gasteiger partial charge in [0.1, 0.15) is 12.0 Å². The number of amides is 1. The highest BCUT2D eigenvalue weighted by molar-refractivity contribution is 6.35. The van der Waals surface area contributed by atoms with Gasteiger partial charge in [-0.1, -0.05) is 31.4 Å². The highest BCUT2D eigenvalue weighted by atomic mass is 35.5. The highest BCUT2D eigenvalue weighted by Crippen LogP contribution is 2.32. The molecule has 0 spiro atoms. The Morgan fingerprint density at radius 1 is 1.38 bits per heavy atom. The molecule has 3 atom stereocenters. The number of pyridine rings is 1. The Kier molecular flexibility index (Phi) is 5.67. The summed E-state index contributed by atoms with van der Waals surface area (Å²) in [5.74, 6) is 0.840. The van der Waals surface area contributed by atoms with E-state index in [4.69, 9.17) is 11.6 Å². The summed E-state index contributed by atoms with van der Waals surface area (Å²) in [4.78, 5) is 19.5. The van der Waals surface area contributed by atoms with Crippen LogP contribution in [-0.2, 0) is 0 Å². The van der Waals surface area contributed by atoms with E-state index in [1.54, 1.807) is 12.1 Å². The van der Waals surface area contributed by atoms with Crippen molar-refractivity contribution in [2.45, 2.75) is 50.8 Å². The van der Waals surface area contributed by atoms with Crippen LogP contribution in [0.5, 0.6) is 0 Å². The minimum atomic E-state index is -0.867. The van der Waals surface area contributed by atoms with Crippen LogP contribution < -0.4 is 10.2 Å². The van der Waals surface area contributed by atoms with E-state index in [0.717, 1.165) is 12.8 Å². The molecule has 2 aliphatic rings. The van der Waals surface area contributed by atoms with Gasteiger partial charge in [-0.05, 0) is 49.4 Å². The van der Waals surface area contributed by atoms with Crippen LogP contribution in [0.2, 0.25) is 5.02 Å². The van der Waals surface area contributed by atoms with E-state index in [0.29, 0.717) is 65.6 Å². The Balaban J connectivity index is 1.56. The topological polar surface area (TPSA) is 65.5 Å². The van der Waals surface area contributed by atoms with E-state index >= 15 is 0 Å². The lowest BCUT2D eigenvalue weighted by Crippen LogP contribution is -2.45. The minimum Gasteiger partial charge on any atom is -0.388 e. The van der Waals surface area contributed by atoms with Gasteiger partial charge in [-0.2, -0.15) is 0 Å². The summed E-state index contributed by atoms with van der Waals surface area (Å²) in [6.07, 6.45) is 3.14. The number of fused-ring (bicyclic) bond motifs is 1. The number of hydrogen-bond donors (Lipinski definition) is 2.